The van der Waals surface area contributed by atoms with Gasteiger partial charge in [0, 0.05) is 18.6 Å². The van der Waals surface area contributed by atoms with Crippen molar-refractivity contribution in [3.63, 3.8) is 0 Å². The number of amides is 1. The second-order valence-corrected chi connectivity index (χ2v) is 7.11. The molecule has 0 spiro atoms. The summed E-state index contributed by atoms with van der Waals surface area (Å²) in [7, 11) is 0. The fourth-order valence-electron chi connectivity index (χ4n) is 2.66. The maximum Gasteiger partial charge on any atom is 0.416 e. The SMILES string of the molecule is CCC(C)N(Cc1ccc(C(F)(F)F)cc1)Cc1nc(C(=O)NC(C)C)co1. The largest absolute Gasteiger partial charge is 0.447 e. The smallest absolute Gasteiger partial charge is 0.416 e. The summed E-state index contributed by atoms with van der Waals surface area (Å²) in [6.07, 6.45) is -2.18. The van der Waals surface area contributed by atoms with E-state index in [-0.39, 0.29) is 23.7 Å². The molecule has 0 saturated carbocycles. The van der Waals surface area contributed by atoms with Crippen molar-refractivity contribution in [3.8, 4) is 0 Å². The standard InChI is InChI=1S/C20H26F3N3O2/c1-5-14(4)26(10-15-6-8-16(9-7-15)20(21,22)23)11-18-25-17(12-28-18)19(27)24-13(2)3/h6-9,12-14H,5,10-11H2,1-4H3,(H,24,27). The van der Waals surface area contributed by atoms with Gasteiger partial charge in [0.05, 0.1) is 12.1 Å². The molecule has 1 N–H and O–H groups in total. The van der Waals surface area contributed by atoms with E-state index in [1.54, 1.807) is 0 Å². The Morgan fingerprint density at radius 1 is 1.18 bits per heavy atom. The number of nitrogens with zero attached hydrogens (tertiary/aromatic N) is 2. The van der Waals surface area contributed by atoms with Crippen LogP contribution in [-0.2, 0) is 19.3 Å². The first-order valence-corrected chi connectivity index (χ1v) is 9.25. The summed E-state index contributed by atoms with van der Waals surface area (Å²) in [4.78, 5) is 18.3. The number of carbonyl (C=O) groups is 1. The Kier molecular flexibility index (Phi) is 7.23. The van der Waals surface area contributed by atoms with Crippen LogP contribution in [0.1, 0.15) is 61.6 Å². The highest BCUT2D eigenvalue weighted by Gasteiger charge is 2.30. The van der Waals surface area contributed by atoms with Crippen molar-refractivity contribution in [1.82, 2.24) is 15.2 Å². The Morgan fingerprint density at radius 2 is 1.82 bits per heavy atom. The van der Waals surface area contributed by atoms with Crippen molar-refractivity contribution in [3.05, 3.63) is 53.2 Å². The number of halogens is 3. The van der Waals surface area contributed by atoms with Crippen LogP contribution >= 0.6 is 0 Å². The summed E-state index contributed by atoms with van der Waals surface area (Å²) in [5, 5.41) is 2.75. The molecule has 154 valence electrons. The molecule has 1 amide bonds. The van der Waals surface area contributed by atoms with Crippen molar-refractivity contribution in [2.24, 2.45) is 0 Å². The quantitative estimate of drug-likeness (QED) is 0.705. The predicted molar refractivity (Wildman–Crippen MR) is 99.5 cm³/mol. The second-order valence-electron chi connectivity index (χ2n) is 7.11. The lowest BCUT2D eigenvalue weighted by molar-refractivity contribution is -0.137. The van der Waals surface area contributed by atoms with Gasteiger partial charge in [-0.3, -0.25) is 9.69 Å². The normalized spacial score (nSPS) is 13.2. The average Bonchev–Trinajstić information content (AvgIpc) is 3.08. The van der Waals surface area contributed by atoms with Gasteiger partial charge in [-0.2, -0.15) is 13.2 Å². The molecular formula is C20H26F3N3O2. The van der Waals surface area contributed by atoms with Crippen LogP contribution in [0.3, 0.4) is 0 Å². The minimum absolute atomic E-state index is 0.0102. The van der Waals surface area contributed by atoms with E-state index in [1.165, 1.54) is 18.4 Å². The van der Waals surface area contributed by atoms with Crippen molar-refractivity contribution in [2.45, 2.75) is 65.5 Å². The third-order valence-electron chi connectivity index (χ3n) is 4.42. The fraction of sp³-hybridized carbons (Fsp3) is 0.500. The Labute approximate surface area is 162 Å². The molecule has 2 rings (SSSR count). The first kappa shape index (κ1) is 21.9. The maximum absolute atomic E-state index is 12.7. The van der Waals surface area contributed by atoms with Crippen LogP contribution in [0.25, 0.3) is 0 Å². The first-order valence-electron chi connectivity index (χ1n) is 9.25. The molecule has 0 bridgehead atoms. The highest BCUT2D eigenvalue weighted by atomic mass is 19.4. The van der Waals surface area contributed by atoms with E-state index < -0.39 is 11.7 Å². The van der Waals surface area contributed by atoms with Crippen LogP contribution in [0.2, 0.25) is 0 Å². The molecule has 0 aliphatic heterocycles. The Morgan fingerprint density at radius 3 is 2.36 bits per heavy atom. The molecule has 0 radical (unpaired) electrons. The molecular weight excluding hydrogens is 371 g/mol. The lowest BCUT2D eigenvalue weighted by atomic mass is 10.1. The van der Waals surface area contributed by atoms with Crippen LogP contribution in [0.15, 0.2) is 34.9 Å². The number of rotatable bonds is 8. The van der Waals surface area contributed by atoms with Gasteiger partial charge in [0.15, 0.2) is 5.69 Å². The Bertz CT molecular complexity index is 770. The average molecular weight is 397 g/mol. The fourth-order valence-corrected chi connectivity index (χ4v) is 2.66. The van der Waals surface area contributed by atoms with Gasteiger partial charge in [0.25, 0.3) is 5.91 Å². The van der Waals surface area contributed by atoms with Gasteiger partial charge in [-0.25, -0.2) is 4.98 Å². The molecule has 28 heavy (non-hydrogen) atoms. The van der Waals surface area contributed by atoms with E-state index in [2.05, 4.69) is 15.2 Å². The minimum Gasteiger partial charge on any atom is -0.447 e. The van der Waals surface area contributed by atoms with Gasteiger partial charge < -0.3 is 9.73 Å². The zero-order chi connectivity index (χ0) is 20.9. The van der Waals surface area contributed by atoms with Gasteiger partial charge in [-0.15, -0.1) is 0 Å². The number of nitrogens with one attached hydrogen (secondary N) is 1. The van der Waals surface area contributed by atoms with E-state index in [0.717, 1.165) is 24.1 Å². The van der Waals surface area contributed by atoms with Gasteiger partial charge in [-0.1, -0.05) is 19.1 Å². The monoisotopic (exact) mass is 397 g/mol. The number of oxazole rings is 1. The van der Waals surface area contributed by atoms with E-state index in [1.807, 2.05) is 27.7 Å². The van der Waals surface area contributed by atoms with Gasteiger partial charge in [0.1, 0.15) is 6.26 Å². The predicted octanol–water partition coefficient (Wildman–Crippen LogP) is 4.63. The zero-order valence-corrected chi connectivity index (χ0v) is 16.5. The highest BCUT2D eigenvalue weighted by Crippen LogP contribution is 2.29. The van der Waals surface area contributed by atoms with Crippen LogP contribution in [0.5, 0.6) is 0 Å². The maximum atomic E-state index is 12.7. The first-order chi connectivity index (χ1) is 13.1. The summed E-state index contributed by atoms with van der Waals surface area (Å²) in [6.45, 7) is 8.57. The van der Waals surface area contributed by atoms with Crippen molar-refractivity contribution >= 4 is 5.91 Å². The van der Waals surface area contributed by atoms with Crippen LogP contribution in [0.4, 0.5) is 13.2 Å². The molecule has 5 nitrogen and oxygen atoms in total. The van der Waals surface area contributed by atoms with Gasteiger partial charge in [-0.05, 0) is 44.9 Å². The number of hydrogen-bond donors (Lipinski definition) is 1. The number of benzene rings is 1. The molecule has 1 unspecified atom stereocenters. The summed E-state index contributed by atoms with van der Waals surface area (Å²) < 4.78 is 43.6. The molecule has 8 heteroatoms. The van der Waals surface area contributed by atoms with E-state index >= 15 is 0 Å². The lowest BCUT2D eigenvalue weighted by Gasteiger charge is -2.27. The number of alkyl halides is 3. The van der Waals surface area contributed by atoms with Crippen LogP contribution < -0.4 is 5.32 Å². The van der Waals surface area contributed by atoms with Gasteiger partial charge >= 0.3 is 6.18 Å². The molecule has 1 atom stereocenters. The summed E-state index contributed by atoms with van der Waals surface area (Å²) in [6, 6.07) is 5.28. The molecule has 1 aromatic heterocycles. The zero-order valence-electron chi connectivity index (χ0n) is 16.5. The van der Waals surface area contributed by atoms with E-state index in [0.29, 0.717) is 19.0 Å². The topological polar surface area (TPSA) is 58.4 Å². The summed E-state index contributed by atoms with van der Waals surface area (Å²) >= 11 is 0. The van der Waals surface area contributed by atoms with E-state index in [4.69, 9.17) is 4.42 Å². The van der Waals surface area contributed by atoms with Gasteiger partial charge in [0.2, 0.25) is 5.89 Å². The summed E-state index contributed by atoms with van der Waals surface area (Å²) in [5.41, 5.74) is 0.305. The number of carbonyl (C=O) groups excluding carboxylic acids is 1. The molecule has 1 heterocycles. The van der Waals surface area contributed by atoms with Crippen molar-refractivity contribution in [1.29, 1.82) is 0 Å². The summed E-state index contributed by atoms with van der Waals surface area (Å²) in [5.74, 6) is 0.0870. The number of aromatic nitrogens is 1. The molecule has 0 fully saturated rings. The van der Waals surface area contributed by atoms with Crippen molar-refractivity contribution in [2.75, 3.05) is 0 Å². The molecule has 0 aliphatic rings. The third kappa shape index (κ3) is 6.09. The molecule has 0 aliphatic carbocycles. The van der Waals surface area contributed by atoms with E-state index in [9.17, 15) is 18.0 Å². The Balaban J connectivity index is 2.10. The third-order valence-corrected chi connectivity index (χ3v) is 4.42. The molecule has 1 aromatic carbocycles. The number of hydrogen-bond acceptors (Lipinski definition) is 4. The Hall–Kier alpha value is -2.35. The lowest BCUT2D eigenvalue weighted by Crippen LogP contribution is -2.32. The molecule has 0 saturated heterocycles. The second kappa shape index (κ2) is 9.23. The van der Waals surface area contributed by atoms with Crippen LogP contribution in [0, 0.1) is 0 Å². The van der Waals surface area contributed by atoms with Crippen molar-refractivity contribution < 1.29 is 22.4 Å². The van der Waals surface area contributed by atoms with Crippen LogP contribution in [-0.4, -0.2) is 27.9 Å². The highest BCUT2D eigenvalue weighted by molar-refractivity contribution is 5.92. The minimum atomic E-state index is -4.35. The molecule has 2 aromatic rings.